The number of carbonyl (C=O) groups excluding carboxylic acids is 1. The predicted octanol–water partition coefficient (Wildman–Crippen LogP) is 2.49. The van der Waals surface area contributed by atoms with E-state index >= 15 is 0 Å². The molecule has 0 atom stereocenters. The summed E-state index contributed by atoms with van der Waals surface area (Å²) < 4.78 is 11.2. The number of nitrogens with one attached hydrogen (secondary N) is 2. The van der Waals surface area contributed by atoms with Crippen molar-refractivity contribution >= 4 is 11.6 Å². The number of aryl methyl sites for hydroxylation is 1. The number of anilines is 1. The van der Waals surface area contributed by atoms with Crippen LogP contribution in [0.2, 0.25) is 0 Å². The largest absolute Gasteiger partial charge is 0.490 e. The monoisotopic (exact) mass is 358 g/mol. The summed E-state index contributed by atoms with van der Waals surface area (Å²) in [5, 5.41) is 14.7. The maximum atomic E-state index is 12.1. The van der Waals surface area contributed by atoms with E-state index in [4.69, 9.17) is 14.6 Å². The highest BCUT2D eigenvalue weighted by atomic mass is 16.5. The molecule has 0 aliphatic heterocycles. The van der Waals surface area contributed by atoms with Crippen molar-refractivity contribution in [3.05, 3.63) is 53.6 Å². The molecule has 2 aromatic carbocycles. The van der Waals surface area contributed by atoms with Gasteiger partial charge in [-0.15, -0.1) is 0 Å². The van der Waals surface area contributed by atoms with Crippen molar-refractivity contribution < 1.29 is 19.4 Å². The normalized spacial score (nSPS) is 10.4. The van der Waals surface area contributed by atoms with Crippen molar-refractivity contribution in [2.24, 2.45) is 0 Å². The van der Waals surface area contributed by atoms with Gasteiger partial charge in [0.1, 0.15) is 0 Å². The van der Waals surface area contributed by atoms with Gasteiger partial charge in [-0.05, 0) is 43.7 Å². The summed E-state index contributed by atoms with van der Waals surface area (Å²) in [6.45, 7) is 5.53. The fourth-order valence-electron chi connectivity index (χ4n) is 2.34. The van der Waals surface area contributed by atoms with Gasteiger partial charge in [0.05, 0.1) is 13.2 Å². The molecule has 0 heterocycles. The summed E-state index contributed by atoms with van der Waals surface area (Å²) in [5.41, 5.74) is 2.88. The first-order valence-electron chi connectivity index (χ1n) is 8.69. The second-order valence-electron chi connectivity index (χ2n) is 5.82. The van der Waals surface area contributed by atoms with Gasteiger partial charge in [-0.25, -0.2) is 0 Å². The molecular formula is C20H26N2O4. The Morgan fingerprint density at radius 1 is 1.08 bits per heavy atom. The second-order valence-corrected chi connectivity index (χ2v) is 5.82. The first-order chi connectivity index (χ1) is 12.6. The molecule has 0 fully saturated rings. The van der Waals surface area contributed by atoms with Crippen LogP contribution in [-0.4, -0.2) is 37.4 Å². The van der Waals surface area contributed by atoms with Crippen LogP contribution < -0.4 is 20.1 Å². The zero-order valence-corrected chi connectivity index (χ0v) is 15.2. The SMILES string of the molecule is CCOc1cc(CNCCO)ccc1OCC(=O)Nc1ccc(C)cc1. The molecule has 0 unspecified atom stereocenters. The molecule has 0 aliphatic carbocycles. The van der Waals surface area contributed by atoms with Gasteiger partial charge in [-0.3, -0.25) is 4.79 Å². The summed E-state index contributed by atoms with van der Waals surface area (Å²) in [6.07, 6.45) is 0. The van der Waals surface area contributed by atoms with Crippen LogP contribution in [0.4, 0.5) is 5.69 Å². The molecule has 2 aromatic rings. The third kappa shape index (κ3) is 6.38. The standard InChI is InChI=1S/C20H26N2O4/c1-3-25-19-12-16(13-21-10-11-23)6-9-18(19)26-14-20(24)22-17-7-4-15(2)5-8-17/h4-9,12,21,23H,3,10-11,13-14H2,1-2H3,(H,22,24). The highest BCUT2D eigenvalue weighted by molar-refractivity contribution is 5.91. The molecule has 0 saturated carbocycles. The van der Waals surface area contributed by atoms with E-state index in [1.807, 2.05) is 50.2 Å². The van der Waals surface area contributed by atoms with Gasteiger partial charge >= 0.3 is 0 Å². The number of rotatable bonds is 10. The number of benzene rings is 2. The second kappa shape index (κ2) is 10.4. The van der Waals surface area contributed by atoms with E-state index in [0.717, 1.165) is 16.8 Å². The Labute approximate surface area is 154 Å². The zero-order chi connectivity index (χ0) is 18.8. The fraction of sp³-hybridized carbons (Fsp3) is 0.350. The lowest BCUT2D eigenvalue weighted by Gasteiger charge is -2.14. The van der Waals surface area contributed by atoms with Crippen LogP contribution in [0.15, 0.2) is 42.5 Å². The first kappa shape index (κ1) is 19.8. The molecule has 0 aliphatic rings. The van der Waals surface area contributed by atoms with Crippen molar-refractivity contribution in [1.29, 1.82) is 0 Å². The van der Waals surface area contributed by atoms with Gasteiger partial charge in [0.15, 0.2) is 18.1 Å². The molecule has 6 heteroatoms. The molecule has 0 bridgehead atoms. The number of amides is 1. The third-order valence-corrected chi connectivity index (χ3v) is 3.62. The molecular weight excluding hydrogens is 332 g/mol. The van der Waals surface area contributed by atoms with Crippen LogP contribution in [0.1, 0.15) is 18.1 Å². The minimum atomic E-state index is -0.231. The van der Waals surface area contributed by atoms with Crippen molar-refractivity contribution in [3.63, 3.8) is 0 Å². The van der Waals surface area contributed by atoms with Crippen molar-refractivity contribution in [1.82, 2.24) is 5.32 Å². The fourth-order valence-corrected chi connectivity index (χ4v) is 2.34. The molecule has 140 valence electrons. The summed E-state index contributed by atoms with van der Waals surface area (Å²) in [6, 6.07) is 13.2. The Bertz CT molecular complexity index is 701. The van der Waals surface area contributed by atoms with Gasteiger partial charge in [0.25, 0.3) is 5.91 Å². The molecule has 2 rings (SSSR count). The van der Waals surface area contributed by atoms with E-state index in [9.17, 15) is 4.79 Å². The van der Waals surface area contributed by atoms with Crippen LogP contribution >= 0.6 is 0 Å². The smallest absolute Gasteiger partial charge is 0.262 e. The van der Waals surface area contributed by atoms with Gasteiger partial charge in [-0.2, -0.15) is 0 Å². The summed E-state index contributed by atoms with van der Waals surface area (Å²) in [5.74, 6) is 0.890. The number of ether oxygens (including phenoxy) is 2. The quantitative estimate of drug-likeness (QED) is 0.569. The average molecular weight is 358 g/mol. The average Bonchev–Trinajstić information content (AvgIpc) is 2.63. The lowest BCUT2D eigenvalue weighted by atomic mass is 10.2. The van der Waals surface area contributed by atoms with E-state index in [2.05, 4.69) is 10.6 Å². The maximum Gasteiger partial charge on any atom is 0.262 e. The number of aliphatic hydroxyl groups excluding tert-OH is 1. The number of aliphatic hydroxyl groups is 1. The van der Waals surface area contributed by atoms with Gasteiger partial charge in [0.2, 0.25) is 0 Å². The Hall–Kier alpha value is -2.57. The molecule has 0 spiro atoms. The molecule has 3 N–H and O–H groups in total. The van der Waals surface area contributed by atoms with Crippen LogP contribution in [0.5, 0.6) is 11.5 Å². The number of carbonyl (C=O) groups is 1. The molecule has 0 radical (unpaired) electrons. The predicted molar refractivity (Wildman–Crippen MR) is 102 cm³/mol. The van der Waals surface area contributed by atoms with Crippen LogP contribution in [0.3, 0.4) is 0 Å². The lowest BCUT2D eigenvalue weighted by molar-refractivity contribution is -0.118. The van der Waals surface area contributed by atoms with E-state index < -0.39 is 0 Å². The Kier molecular flexibility index (Phi) is 7.92. The molecule has 6 nitrogen and oxygen atoms in total. The maximum absolute atomic E-state index is 12.1. The van der Waals surface area contributed by atoms with E-state index in [-0.39, 0.29) is 19.1 Å². The summed E-state index contributed by atoms with van der Waals surface area (Å²) in [4.78, 5) is 12.1. The Balaban J connectivity index is 1.94. The zero-order valence-electron chi connectivity index (χ0n) is 15.2. The number of hydrogen-bond donors (Lipinski definition) is 3. The first-order valence-corrected chi connectivity index (χ1v) is 8.69. The van der Waals surface area contributed by atoms with Crippen molar-refractivity contribution in [3.8, 4) is 11.5 Å². The Morgan fingerprint density at radius 2 is 1.85 bits per heavy atom. The molecule has 0 aromatic heterocycles. The van der Waals surface area contributed by atoms with Gasteiger partial charge in [-0.1, -0.05) is 23.8 Å². The Morgan fingerprint density at radius 3 is 2.54 bits per heavy atom. The van der Waals surface area contributed by atoms with Crippen LogP contribution in [-0.2, 0) is 11.3 Å². The van der Waals surface area contributed by atoms with Crippen LogP contribution in [0, 0.1) is 6.92 Å². The highest BCUT2D eigenvalue weighted by Gasteiger charge is 2.09. The molecule has 26 heavy (non-hydrogen) atoms. The van der Waals surface area contributed by atoms with E-state index in [0.29, 0.717) is 31.2 Å². The summed E-state index contributed by atoms with van der Waals surface area (Å²) >= 11 is 0. The van der Waals surface area contributed by atoms with Gasteiger partial charge in [0, 0.05) is 18.8 Å². The minimum absolute atomic E-state index is 0.0929. The number of hydrogen-bond acceptors (Lipinski definition) is 5. The van der Waals surface area contributed by atoms with Crippen molar-refractivity contribution in [2.45, 2.75) is 20.4 Å². The lowest BCUT2D eigenvalue weighted by Crippen LogP contribution is -2.20. The summed E-state index contributed by atoms with van der Waals surface area (Å²) in [7, 11) is 0. The third-order valence-electron chi connectivity index (χ3n) is 3.62. The minimum Gasteiger partial charge on any atom is -0.490 e. The molecule has 1 amide bonds. The van der Waals surface area contributed by atoms with E-state index in [1.165, 1.54) is 0 Å². The highest BCUT2D eigenvalue weighted by Crippen LogP contribution is 2.28. The van der Waals surface area contributed by atoms with Crippen molar-refractivity contribution in [2.75, 3.05) is 31.7 Å². The van der Waals surface area contributed by atoms with Crippen LogP contribution in [0.25, 0.3) is 0 Å². The molecule has 0 saturated heterocycles. The van der Waals surface area contributed by atoms with E-state index in [1.54, 1.807) is 6.07 Å². The topological polar surface area (TPSA) is 79.8 Å². The van der Waals surface area contributed by atoms with Gasteiger partial charge < -0.3 is 25.2 Å².